The van der Waals surface area contributed by atoms with E-state index < -0.39 is 0 Å². The summed E-state index contributed by atoms with van der Waals surface area (Å²) in [5, 5.41) is 3.82. The van der Waals surface area contributed by atoms with Crippen LogP contribution < -0.4 is 10.2 Å². The van der Waals surface area contributed by atoms with Crippen molar-refractivity contribution in [2.75, 3.05) is 44.7 Å². The summed E-state index contributed by atoms with van der Waals surface area (Å²) in [5.74, 6) is 0.963. The fraction of sp³-hybridized carbons (Fsp3) is 0.444. The second-order valence-electron chi connectivity index (χ2n) is 10.4. The molecule has 190 valence electrons. The maximum absolute atomic E-state index is 13.3. The standard InChI is InChI=1S/C27H33ClN6OS/c1-18(20-6-5-7-21(28)14-20)31-26(35)34-13-12-33(16-27(34,2)3)25-24-22(29-17-30-25)15-23(36-24)19-8-10-32(4)11-9-19/h5-8,14-15,17-18H,9-13,16H2,1-4H3,(H,31,35). The molecule has 0 bridgehead atoms. The van der Waals surface area contributed by atoms with E-state index in [9.17, 15) is 4.79 Å². The molecule has 2 aliphatic heterocycles. The first-order valence-electron chi connectivity index (χ1n) is 12.4. The smallest absolute Gasteiger partial charge is 0.318 e. The first-order chi connectivity index (χ1) is 17.2. The quantitative estimate of drug-likeness (QED) is 0.492. The van der Waals surface area contributed by atoms with Crippen LogP contribution in [0.25, 0.3) is 15.8 Å². The van der Waals surface area contributed by atoms with Gasteiger partial charge in [-0.3, -0.25) is 0 Å². The van der Waals surface area contributed by atoms with Crippen LogP contribution in [0.4, 0.5) is 10.6 Å². The van der Waals surface area contributed by atoms with Crippen molar-refractivity contribution in [3.8, 4) is 0 Å². The number of anilines is 1. The molecular weight excluding hydrogens is 492 g/mol. The third-order valence-corrected chi connectivity index (χ3v) is 8.59. The average Bonchev–Trinajstić information content (AvgIpc) is 3.28. The zero-order chi connectivity index (χ0) is 25.4. The number of nitrogens with one attached hydrogen (secondary N) is 1. The van der Waals surface area contributed by atoms with Crippen molar-refractivity contribution < 1.29 is 4.79 Å². The first kappa shape index (κ1) is 25.0. The van der Waals surface area contributed by atoms with Gasteiger partial charge in [-0.25, -0.2) is 14.8 Å². The molecule has 1 saturated heterocycles. The van der Waals surface area contributed by atoms with Crippen molar-refractivity contribution in [1.82, 2.24) is 25.1 Å². The highest BCUT2D eigenvalue weighted by molar-refractivity contribution is 7.20. The number of amides is 2. The summed E-state index contributed by atoms with van der Waals surface area (Å²) < 4.78 is 1.12. The summed E-state index contributed by atoms with van der Waals surface area (Å²) >= 11 is 7.93. The molecule has 0 saturated carbocycles. The average molecular weight is 525 g/mol. The molecule has 36 heavy (non-hydrogen) atoms. The Balaban J connectivity index is 1.32. The molecule has 2 aromatic heterocycles. The molecule has 3 aromatic rings. The van der Waals surface area contributed by atoms with E-state index in [1.807, 2.05) is 36.1 Å². The predicted octanol–water partition coefficient (Wildman–Crippen LogP) is 5.44. The molecule has 9 heteroatoms. The Bertz CT molecular complexity index is 1300. The van der Waals surface area contributed by atoms with Crippen LogP contribution in [-0.4, -0.2) is 71.1 Å². The summed E-state index contributed by atoms with van der Waals surface area (Å²) in [4.78, 5) is 30.4. The summed E-state index contributed by atoms with van der Waals surface area (Å²) in [6.07, 6.45) is 5.04. The Morgan fingerprint density at radius 1 is 1.19 bits per heavy atom. The summed E-state index contributed by atoms with van der Waals surface area (Å²) in [6, 6.07) is 9.63. The van der Waals surface area contributed by atoms with Gasteiger partial charge in [0.15, 0.2) is 0 Å². The molecule has 4 heterocycles. The molecule has 1 unspecified atom stereocenters. The fourth-order valence-corrected chi connectivity index (χ4v) is 6.45. The van der Waals surface area contributed by atoms with Crippen molar-refractivity contribution in [3.05, 3.63) is 58.2 Å². The number of hydrogen-bond donors (Lipinski definition) is 1. The fourth-order valence-electron chi connectivity index (χ4n) is 5.05. The Labute approximate surface area is 221 Å². The molecule has 2 aliphatic rings. The van der Waals surface area contributed by atoms with E-state index in [0.717, 1.165) is 47.7 Å². The molecule has 5 rings (SSSR count). The van der Waals surface area contributed by atoms with Crippen LogP contribution in [0.2, 0.25) is 5.02 Å². The summed E-state index contributed by atoms with van der Waals surface area (Å²) in [6.45, 7) is 10.3. The van der Waals surface area contributed by atoms with Crippen molar-refractivity contribution in [2.24, 2.45) is 0 Å². The van der Waals surface area contributed by atoms with Crippen LogP contribution in [0.5, 0.6) is 0 Å². The number of thiophene rings is 1. The van der Waals surface area contributed by atoms with Crippen LogP contribution >= 0.6 is 22.9 Å². The number of piperazine rings is 1. The number of hydrogen-bond acceptors (Lipinski definition) is 6. The van der Waals surface area contributed by atoms with Gasteiger partial charge in [0.05, 0.1) is 21.8 Å². The van der Waals surface area contributed by atoms with E-state index in [1.165, 1.54) is 10.5 Å². The molecule has 0 radical (unpaired) electrons. The lowest BCUT2D eigenvalue weighted by Gasteiger charge is -2.47. The van der Waals surface area contributed by atoms with Crippen LogP contribution in [0.15, 0.2) is 42.7 Å². The number of halogens is 1. The molecule has 0 aliphatic carbocycles. The topological polar surface area (TPSA) is 64.6 Å². The maximum Gasteiger partial charge on any atom is 0.318 e. The number of likely N-dealkylation sites (N-methyl/N-ethyl adjacent to an activating group) is 1. The van der Waals surface area contributed by atoms with E-state index in [2.05, 4.69) is 53.1 Å². The number of carbonyl (C=O) groups is 1. The van der Waals surface area contributed by atoms with E-state index >= 15 is 0 Å². The van der Waals surface area contributed by atoms with Gasteiger partial charge in [-0.2, -0.15) is 0 Å². The Morgan fingerprint density at radius 2 is 2.03 bits per heavy atom. The second kappa shape index (κ2) is 10.00. The van der Waals surface area contributed by atoms with Gasteiger partial charge in [0.2, 0.25) is 0 Å². The number of rotatable bonds is 4. The van der Waals surface area contributed by atoms with Gasteiger partial charge in [-0.15, -0.1) is 11.3 Å². The molecular formula is C27H33ClN6OS. The van der Waals surface area contributed by atoms with Gasteiger partial charge in [-0.1, -0.05) is 29.8 Å². The summed E-state index contributed by atoms with van der Waals surface area (Å²) in [7, 11) is 2.15. The minimum atomic E-state index is -0.371. The predicted molar refractivity (Wildman–Crippen MR) is 149 cm³/mol. The second-order valence-corrected chi connectivity index (χ2v) is 11.9. The van der Waals surface area contributed by atoms with E-state index in [-0.39, 0.29) is 17.6 Å². The molecule has 2 amide bonds. The van der Waals surface area contributed by atoms with Gasteiger partial charge in [-0.05, 0) is 63.6 Å². The number of aromatic nitrogens is 2. The van der Waals surface area contributed by atoms with Crippen LogP contribution in [0, 0.1) is 0 Å². The highest BCUT2D eigenvalue weighted by Gasteiger charge is 2.38. The van der Waals surface area contributed by atoms with E-state index in [1.54, 1.807) is 17.7 Å². The minimum Gasteiger partial charge on any atom is -0.351 e. The summed E-state index contributed by atoms with van der Waals surface area (Å²) in [5.41, 5.74) is 3.01. The van der Waals surface area contributed by atoms with Gasteiger partial charge in [0.1, 0.15) is 12.1 Å². The van der Waals surface area contributed by atoms with Crippen molar-refractivity contribution >= 4 is 50.6 Å². The minimum absolute atomic E-state index is 0.0624. The van der Waals surface area contributed by atoms with Gasteiger partial charge < -0.3 is 20.0 Å². The SMILES string of the molecule is CC(NC(=O)N1CCN(c2ncnc3cc(C4=CCN(C)CC4)sc23)CC1(C)C)c1cccc(Cl)c1. The van der Waals surface area contributed by atoms with Gasteiger partial charge in [0, 0.05) is 42.6 Å². The van der Waals surface area contributed by atoms with Crippen molar-refractivity contribution in [1.29, 1.82) is 0 Å². The third kappa shape index (κ3) is 5.08. The molecule has 0 spiro atoms. The number of fused-ring (bicyclic) bond motifs is 1. The van der Waals surface area contributed by atoms with E-state index in [4.69, 9.17) is 16.6 Å². The van der Waals surface area contributed by atoms with Crippen LogP contribution in [0.1, 0.15) is 43.7 Å². The molecule has 1 aromatic carbocycles. The lowest BCUT2D eigenvalue weighted by atomic mass is 9.99. The Hall–Kier alpha value is -2.68. The number of carbonyl (C=O) groups excluding carboxylic acids is 1. The van der Waals surface area contributed by atoms with Crippen LogP contribution in [0.3, 0.4) is 0 Å². The zero-order valence-corrected chi connectivity index (χ0v) is 22.9. The Morgan fingerprint density at radius 3 is 2.75 bits per heavy atom. The molecule has 1 fully saturated rings. The lowest BCUT2D eigenvalue weighted by Crippen LogP contribution is -2.63. The third-order valence-electron chi connectivity index (χ3n) is 7.16. The zero-order valence-electron chi connectivity index (χ0n) is 21.3. The monoisotopic (exact) mass is 524 g/mol. The normalized spacial score (nSPS) is 19.3. The van der Waals surface area contributed by atoms with Crippen molar-refractivity contribution in [2.45, 2.75) is 38.8 Å². The number of urea groups is 1. The first-order valence-corrected chi connectivity index (χ1v) is 13.6. The number of benzene rings is 1. The maximum atomic E-state index is 13.3. The van der Waals surface area contributed by atoms with Crippen molar-refractivity contribution in [3.63, 3.8) is 0 Å². The molecule has 1 atom stereocenters. The van der Waals surface area contributed by atoms with Gasteiger partial charge >= 0.3 is 6.03 Å². The highest BCUT2D eigenvalue weighted by atomic mass is 35.5. The molecule has 7 nitrogen and oxygen atoms in total. The highest BCUT2D eigenvalue weighted by Crippen LogP contribution is 2.38. The largest absolute Gasteiger partial charge is 0.351 e. The van der Waals surface area contributed by atoms with Crippen LogP contribution in [-0.2, 0) is 0 Å². The van der Waals surface area contributed by atoms with Gasteiger partial charge in [0.25, 0.3) is 0 Å². The Kier molecular flexibility index (Phi) is 6.94. The number of nitrogens with zero attached hydrogens (tertiary/aromatic N) is 5. The van der Waals surface area contributed by atoms with E-state index in [0.29, 0.717) is 18.1 Å². The molecule has 1 N–H and O–H groups in total. The lowest BCUT2D eigenvalue weighted by molar-refractivity contribution is 0.121.